The smallest absolute Gasteiger partial charge is 0.354 e. The highest BCUT2D eigenvalue weighted by Crippen LogP contribution is 2.43. The van der Waals surface area contributed by atoms with Crippen molar-refractivity contribution in [1.82, 2.24) is 5.32 Å². The molecule has 1 saturated heterocycles. The minimum Gasteiger partial charge on any atom is -0.354 e. The summed E-state index contributed by atoms with van der Waals surface area (Å²) in [4.78, 5) is 0. The molecule has 2 atom stereocenters. The molecule has 0 amide bonds. The number of hydrogen-bond donors (Lipinski definition) is 1. The number of alkyl halides is 5. The fraction of sp³-hybridized carbons (Fsp3) is 1.00. The molecule has 1 saturated carbocycles. The monoisotopic (exact) mass is 259 g/mol. The van der Waals surface area contributed by atoms with Crippen molar-refractivity contribution in [3.8, 4) is 0 Å². The van der Waals surface area contributed by atoms with Gasteiger partial charge in [-0.25, -0.2) is 8.78 Å². The molecule has 0 aromatic rings. The lowest BCUT2D eigenvalue weighted by Crippen LogP contribution is -2.61. The highest BCUT2D eigenvalue weighted by atomic mass is 19.4. The van der Waals surface area contributed by atoms with Crippen LogP contribution in [0.25, 0.3) is 0 Å². The Balaban J connectivity index is 2.02. The summed E-state index contributed by atoms with van der Waals surface area (Å²) in [6, 6.07) is 0. The summed E-state index contributed by atoms with van der Waals surface area (Å²) in [5.74, 6) is -4.45. The molecule has 0 bridgehead atoms. The number of halogens is 5. The predicted molar refractivity (Wildman–Crippen MR) is 49.6 cm³/mol. The average molecular weight is 259 g/mol. The van der Waals surface area contributed by atoms with Crippen LogP contribution in [-0.4, -0.2) is 31.0 Å². The molecule has 1 spiro atoms. The maximum absolute atomic E-state index is 12.9. The first-order valence-electron chi connectivity index (χ1n) is 5.56. The molecule has 0 aromatic carbocycles. The molecule has 1 aliphatic carbocycles. The fourth-order valence-electron chi connectivity index (χ4n) is 2.44. The van der Waals surface area contributed by atoms with E-state index in [1.807, 2.05) is 0 Å². The van der Waals surface area contributed by atoms with Gasteiger partial charge in [-0.15, -0.1) is 0 Å². The molecular formula is C10H14F5NO. The molecule has 7 heteroatoms. The minimum absolute atomic E-state index is 0.0483. The topological polar surface area (TPSA) is 21.3 Å². The van der Waals surface area contributed by atoms with Gasteiger partial charge >= 0.3 is 6.18 Å². The van der Waals surface area contributed by atoms with Gasteiger partial charge in [-0.2, -0.15) is 13.2 Å². The van der Waals surface area contributed by atoms with Gasteiger partial charge in [-0.1, -0.05) is 0 Å². The molecule has 2 aliphatic rings. The van der Waals surface area contributed by atoms with Crippen LogP contribution in [-0.2, 0) is 4.74 Å². The van der Waals surface area contributed by atoms with Crippen molar-refractivity contribution in [3.63, 3.8) is 0 Å². The van der Waals surface area contributed by atoms with E-state index in [0.29, 0.717) is 12.8 Å². The van der Waals surface area contributed by atoms with Crippen LogP contribution in [0.5, 0.6) is 0 Å². The van der Waals surface area contributed by atoms with Crippen molar-refractivity contribution in [2.75, 3.05) is 13.2 Å². The van der Waals surface area contributed by atoms with Crippen molar-refractivity contribution in [3.05, 3.63) is 0 Å². The predicted octanol–water partition coefficient (Wildman–Crippen LogP) is 2.69. The summed E-state index contributed by atoms with van der Waals surface area (Å²) in [5.41, 5.74) is -1.21. The van der Waals surface area contributed by atoms with Crippen molar-refractivity contribution < 1.29 is 26.7 Å². The molecule has 1 aliphatic heterocycles. The second kappa shape index (κ2) is 4.05. The molecule has 2 fully saturated rings. The van der Waals surface area contributed by atoms with Crippen molar-refractivity contribution in [1.29, 1.82) is 0 Å². The van der Waals surface area contributed by atoms with Gasteiger partial charge in [-0.05, 0) is 19.3 Å². The number of rotatable bonds is 0. The van der Waals surface area contributed by atoms with E-state index in [2.05, 4.69) is 5.32 Å². The quantitative estimate of drug-likeness (QED) is 0.675. The van der Waals surface area contributed by atoms with E-state index in [1.54, 1.807) is 0 Å². The third kappa shape index (κ3) is 2.88. The second-order valence-corrected chi connectivity index (χ2v) is 4.83. The van der Waals surface area contributed by atoms with Crippen LogP contribution in [0.3, 0.4) is 0 Å². The van der Waals surface area contributed by atoms with E-state index in [9.17, 15) is 22.0 Å². The number of hydrogen-bond acceptors (Lipinski definition) is 2. The first-order valence-corrected chi connectivity index (χ1v) is 5.56. The Hall–Kier alpha value is -0.430. The molecule has 100 valence electrons. The van der Waals surface area contributed by atoms with Gasteiger partial charge in [0.15, 0.2) is 0 Å². The van der Waals surface area contributed by atoms with Crippen molar-refractivity contribution in [2.24, 2.45) is 5.92 Å². The fourth-order valence-corrected chi connectivity index (χ4v) is 2.44. The zero-order valence-electron chi connectivity index (χ0n) is 9.12. The van der Waals surface area contributed by atoms with E-state index in [-0.39, 0.29) is 12.8 Å². The van der Waals surface area contributed by atoms with Gasteiger partial charge in [-0.3, -0.25) is 5.32 Å². The van der Waals surface area contributed by atoms with E-state index in [4.69, 9.17) is 4.74 Å². The summed E-state index contributed by atoms with van der Waals surface area (Å²) in [7, 11) is 0. The SMILES string of the molecule is FC1(F)CNC2(CCCC(C(F)(F)F)C2)OC1. The molecule has 1 N–H and O–H groups in total. The Labute approximate surface area is 95.5 Å². The molecule has 0 radical (unpaired) electrons. The Kier molecular flexibility index (Phi) is 3.10. The van der Waals surface area contributed by atoms with Crippen molar-refractivity contribution >= 4 is 0 Å². The largest absolute Gasteiger partial charge is 0.391 e. The van der Waals surface area contributed by atoms with E-state index >= 15 is 0 Å². The minimum atomic E-state index is -4.28. The molecule has 2 unspecified atom stereocenters. The average Bonchev–Trinajstić information content (AvgIpc) is 2.23. The molecule has 2 rings (SSSR count). The molecule has 2 nitrogen and oxygen atoms in total. The molecule has 0 aromatic heterocycles. The summed E-state index contributed by atoms with van der Waals surface area (Å²) < 4.78 is 68.5. The summed E-state index contributed by atoms with van der Waals surface area (Å²) >= 11 is 0. The number of nitrogens with one attached hydrogen (secondary N) is 1. The highest BCUT2D eigenvalue weighted by Gasteiger charge is 2.51. The number of ether oxygens (including phenoxy) is 1. The van der Waals surface area contributed by atoms with Crippen LogP contribution < -0.4 is 5.32 Å². The molecule has 17 heavy (non-hydrogen) atoms. The Morgan fingerprint density at radius 1 is 1.24 bits per heavy atom. The van der Waals surface area contributed by atoms with Crippen LogP contribution in [0.4, 0.5) is 22.0 Å². The van der Waals surface area contributed by atoms with Gasteiger partial charge < -0.3 is 4.74 Å². The van der Waals surface area contributed by atoms with Gasteiger partial charge in [0.2, 0.25) is 0 Å². The summed E-state index contributed by atoms with van der Waals surface area (Å²) in [5, 5.41) is 2.45. The summed E-state index contributed by atoms with van der Waals surface area (Å²) in [6.45, 7) is -1.41. The van der Waals surface area contributed by atoms with E-state index in [0.717, 1.165) is 0 Å². The maximum Gasteiger partial charge on any atom is 0.391 e. The first kappa shape index (κ1) is 13.0. The third-order valence-electron chi connectivity index (χ3n) is 3.40. The lowest BCUT2D eigenvalue weighted by molar-refractivity contribution is -0.243. The van der Waals surface area contributed by atoms with Crippen LogP contribution in [0.1, 0.15) is 25.7 Å². The Bertz CT molecular complexity index is 281. The zero-order chi connectivity index (χ0) is 12.7. The maximum atomic E-state index is 12.9. The standard InChI is InChI=1S/C10H14F5NO/c11-8(12)5-16-9(17-6-8)3-1-2-7(4-9)10(13,14)15/h7,16H,1-6H2. The molecule has 1 heterocycles. The normalized spacial score (nSPS) is 38.3. The van der Waals surface area contributed by atoms with Gasteiger partial charge in [0.25, 0.3) is 5.92 Å². The third-order valence-corrected chi connectivity index (χ3v) is 3.40. The van der Waals surface area contributed by atoms with Gasteiger partial charge in [0.05, 0.1) is 12.5 Å². The van der Waals surface area contributed by atoms with Crippen LogP contribution >= 0.6 is 0 Å². The lowest BCUT2D eigenvalue weighted by atomic mass is 9.82. The van der Waals surface area contributed by atoms with Crippen molar-refractivity contribution in [2.45, 2.75) is 43.5 Å². The lowest BCUT2D eigenvalue weighted by Gasteiger charge is -2.46. The summed E-state index contributed by atoms with van der Waals surface area (Å²) in [6.07, 6.45) is -3.81. The zero-order valence-corrected chi connectivity index (χ0v) is 9.12. The molecular weight excluding hydrogens is 245 g/mol. The van der Waals surface area contributed by atoms with E-state index < -0.39 is 36.9 Å². The Morgan fingerprint density at radius 3 is 2.47 bits per heavy atom. The highest BCUT2D eigenvalue weighted by molar-refractivity contribution is 4.93. The van der Waals surface area contributed by atoms with E-state index in [1.165, 1.54) is 0 Å². The first-order chi connectivity index (χ1) is 7.73. The van der Waals surface area contributed by atoms with Crippen LogP contribution in [0.2, 0.25) is 0 Å². The Morgan fingerprint density at radius 2 is 1.94 bits per heavy atom. The van der Waals surface area contributed by atoms with Gasteiger partial charge in [0, 0.05) is 6.42 Å². The second-order valence-electron chi connectivity index (χ2n) is 4.83. The van der Waals surface area contributed by atoms with Gasteiger partial charge in [0.1, 0.15) is 12.3 Å². The van der Waals surface area contributed by atoms with Crippen LogP contribution in [0, 0.1) is 5.92 Å². The van der Waals surface area contributed by atoms with Crippen LogP contribution in [0.15, 0.2) is 0 Å².